The van der Waals surface area contributed by atoms with Gasteiger partial charge in [-0.25, -0.2) is 19.0 Å². The molecule has 1 aliphatic rings. The van der Waals surface area contributed by atoms with E-state index in [-0.39, 0.29) is 18.1 Å². The molecule has 0 saturated heterocycles. The maximum Gasteiger partial charge on any atom is 0.332 e. The summed E-state index contributed by atoms with van der Waals surface area (Å²) >= 11 is 0. The number of benzene rings is 2. The Morgan fingerprint density at radius 1 is 1.10 bits per heavy atom. The van der Waals surface area contributed by atoms with Crippen LogP contribution in [0, 0.1) is 17.6 Å². The number of hydrogen-bond donors (Lipinski definition) is 2. The first-order valence-corrected chi connectivity index (χ1v) is 9.40. The molecule has 6 nitrogen and oxygen atoms in total. The molecule has 2 unspecified atom stereocenters. The third-order valence-electron chi connectivity index (χ3n) is 4.83. The van der Waals surface area contributed by atoms with E-state index in [0.29, 0.717) is 12.0 Å². The number of primary amides is 1. The average Bonchev–Trinajstić information content (AvgIpc) is 2.72. The van der Waals surface area contributed by atoms with E-state index in [4.69, 9.17) is 10.5 Å². The number of allylic oxidation sites excluding steroid dienone is 2. The molecule has 0 bridgehead atoms. The highest BCUT2D eigenvalue weighted by Crippen LogP contribution is 2.40. The van der Waals surface area contributed by atoms with Crippen LogP contribution in [0.1, 0.15) is 30.4 Å². The largest absolute Gasteiger partial charge is 0.465 e. The Kier molecular flexibility index (Phi) is 6.56. The van der Waals surface area contributed by atoms with Gasteiger partial charge >= 0.3 is 12.0 Å². The summed E-state index contributed by atoms with van der Waals surface area (Å²) in [6.07, 6.45) is 2.06. The van der Waals surface area contributed by atoms with Crippen molar-refractivity contribution in [3.8, 4) is 0 Å². The zero-order valence-corrected chi connectivity index (χ0v) is 16.3. The van der Waals surface area contributed by atoms with Gasteiger partial charge in [0.2, 0.25) is 0 Å². The van der Waals surface area contributed by atoms with Crippen molar-refractivity contribution >= 4 is 23.3 Å². The minimum Gasteiger partial charge on any atom is -0.465 e. The van der Waals surface area contributed by atoms with Gasteiger partial charge in [-0.15, -0.1) is 0 Å². The van der Waals surface area contributed by atoms with Crippen molar-refractivity contribution in [1.29, 1.82) is 0 Å². The maximum absolute atomic E-state index is 13.5. The van der Waals surface area contributed by atoms with Crippen LogP contribution in [-0.2, 0) is 9.53 Å². The molecule has 3 N–H and O–H groups in total. The van der Waals surface area contributed by atoms with E-state index < -0.39 is 29.7 Å². The van der Waals surface area contributed by atoms with Crippen LogP contribution in [-0.4, -0.2) is 24.3 Å². The topological polar surface area (TPSA) is 93.8 Å². The zero-order valence-electron chi connectivity index (χ0n) is 16.3. The molecule has 8 heteroatoms. The highest BCUT2D eigenvalue weighted by Gasteiger charge is 2.38. The first-order valence-electron chi connectivity index (χ1n) is 9.40. The lowest BCUT2D eigenvalue weighted by molar-refractivity contribution is -0.146. The summed E-state index contributed by atoms with van der Waals surface area (Å²) in [5.74, 6) is -2.58. The molecule has 2 aromatic carbocycles. The van der Waals surface area contributed by atoms with Crippen molar-refractivity contribution in [1.82, 2.24) is 5.43 Å². The molecule has 3 rings (SSSR count). The third-order valence-corrected chi connectivity index (χ3v) is 4.83. The van der Waals surface area contributed by atoms with Crippen LogP contribution < -0.4 is 11.2 Å². The number of nitrogens with zero attached hydrogens (tertiary/aromatic N) is 1. The molecule has 2 amide bonds. The molecule has 0 aromatic heterocycles. The second-order valence-electron chi connectivity index (χ2n) is 6.78. The van der Waals surface area contributed by atoms with Gasteiger partial charge in [0.1, 0.15) is 17.6 Å². The highest BCUT2D eigenvalue weighted by molar-refractivity contribution is 6.14. The summed E-state index contributed by atoms with van der Waals surface area (Å²) in [6, 6.07) is 10.8. The van der Waals surface area contributed by atoms with Crippen LogP contribution in [0.5, 0.6) is 0 Å². The SMILES string of the molecule is CCOC(=O)C1/C(=N/NC(N)=O)C=C(c2ccc(F)cc2)CC1c1ccc(F)cc1. The molecular weight excluding hydrogens is 392 g/mol. The fourth-order valence-corrected chi connectivity index (χ4v) is 3.51. The Morgan fingerprint density at radius 2 is 1.70 bits per heavy atom. The molecule has 0 fully saturated rings. The average molecular weight is 413 g/mol. The number of rotatable bonds is 5. The molecule has 0 aliphatic heterocycles. The molecule has 2 aromatic rings. The Morgan fingerprint density at radius 3 is 2.27 bits per heavy atom. The van der Waals surface area contributed by atoms with Crippen molar-refractivity contribution in [3.05, 3.63) is 77.4 Å². The Balaban J connectivity index is 2.12. The smallest absolute Gasteiger partial charge is 0.332 e. The Bertz CT molecular complexity index is 986. The summed E-state index contributed by atoms with van der Waals surface area (Å²) in [5.41, 5.74) is 9.75. The number of esters is 1. The van der Waals surface area contributed by atoms with E-state index in [0.717, 1.165) is 11.1 Å². The van der Waals surface area contributed by atoms with Crippen molar-refractivity contribution in [3.63, 3.8) is 0 Å². The minimum absolute atomic E-state index is 0.163. The molecule has 0 heterocycles. The Hall–Kier alpha value is -3.55. The van der Waals surface area contributed by atoms with E-state index in [1.54, 1.807) is 37.3 Å². The maximum atomic E-state index is 13.5. The predicted octanol–water partition coefficient (Wildman–Crippen LogP) is 3.74. The normalized spacial score (nSPS) is 19.8. The molecular formula is C22H21F2N3O3. The molecule has 0 radical (unpaired) electrons. The second kappa shape index (κ2) is 9.30. The van der Waals surface area contributed by atoms with E-state index in [2.05, 4.69) is 10.5 Å². The van der Waals surface area contributed by atoms with Crippen LogP contribution in [0.3, 0.4) is 0 Å². The number of carbonyl (C=O) groups excluding carboxylic acids is 2. The quantitative estimate of drug-likeness (QED) is 0.578. The summed E-state index contributed by atoms with van der Waals surface area (Å²) in [4.78, 5) is 24.0. The lowest BCUT2D eigenvalue weighted by Gasteiger charge is -2.31. The number of nitrogens with one attached hydrogen (secondary N) is 1. The lowest BCUT2D eigenvalue weighted by Crippen LogP contribution is -2.36. The number of nitrogens with two attached hydrogens (primary N) is 1. The van der Waals surface area contributed by atoms with E-state index >= 15 is 0 Å². The van der Waals surface area contributed by atoms with Gasteiger partial charge in [-0.1, -0.05) is 24.3 Å². The molecule has 156 valence electrons. The first kappa shape index (κ1) is 21.2. The van der Waals surface area contributed by atoms with Crippen LogP contribution in [0.4, 0.5) is 13.6 Å². The van der Waals surface area contributed by atoms with Crippen LogP contribution in [0.25, 0.3) is 5.57 Å². The van der Waals surface area contributed by atoms with Gasteiger partial charge in [0, 0.05) is 5.92 Å². The number of hydrazone groups is 1. The minimum atomic E-state index is -0.884. The van der Waals surface area contributed by atoms with E-state index in [1.807, 2.05) is 0 Å². The van der Waals surface area contributed by atoms with Gasteiger partial charge in [0.25, 0.3) is 0 Å². The van der Waals surface area contributed by atoms with Crippen molar-refractivity contribution in [2.24, 2.45) is 16.8 Å². The molecule has 30 heavy (non-hydrogen) atoms. The number of amides is 2. The van der Waals surface area contributed by atoms with E-state index in [1.165, 1.54) is 24.3 Å². The van der Waals surface area contributed by atoms with Gasteiger partial charge in [-0.05, 0) is 60.4 Å². The number of ether oxygens (including phenoxy) is 1. The van der Waals surface area contributed by atoms with Crippen molar-refractivity contribution in [2.75, 3.05) is 6.61 Å². The number of halogens is 2. The second-order valence-corrected chi connectivity index (χ2v) is 6.78. The molecule has 0 spiro atoms. The standard InChI is InChI=1S/C22H21F2N3O3/c1-2-30-21(28)20-18(14-5-9-17(24)10-6-14)11-15(12-19(20)26-27-22(25)29)13-3-7-16(23)8-4-13/h3-10,12,18,20H,2,11H2,1H3,(H3,25,27,29)/b26-19+. The van der Waals surface area contributed by atoms with Gasteiger partial charge in [-0.3, -0.25) is 4.79 Å². The fraction of sp³-hybridized carbons (Fsp3) is 0.227. The summed E-state index contributed by atoms with van der Waals surface area (Å²) in [6.45, 7) is 1.85. The van der Waals surface area contributed by atoms with Gasteiger partial charge in [0.15, 0.2) is 0 Å². The highest BCUT2D eigenvalue weighted by atomic mass is 19.1. The van der Waals surface area contributed by atoms with Crippen LogP contribution in [0.2, 0.25) is 0 Å². The van der Waals surface area contributed by atoms with Crippen molar-refractivity contribution < 1.29 is 23.1 Å². The Labute approximate surface area is 172 Å². The lowest BCUT2D eigenvalue weighted by atomic mass is 9.73. The van der Waals surface area contributed by atoms with Crippen LogP contribution >= 0.6 is 0 Å². The number of carbonyl (C=O) groups is 2. The first-order chi connectivity index (χ1) is 14.4. The van der Waals surface area contributed by atoms with Gasteiger partial charge in [-0.2, -0.15) is 5.10 Å². The van der Waals surface area contributed by atoms with Gasteiger partial charge < -0.3 is 10.5 Å². The summed E-state index contributed by atoms with van der Waals surface area (Å²) in [5, 5.41) is 4.02. The monoisotopic (exact) mass is 413 g/mol. The zero-order chi connectivity index (χ0) is 21.7. The van der Waals surface area contributed by atoms with Crippen molar-refractivity contribution in [2.45, 2.75) is 19.3 Å². The predicted molar refractivity (Wildman–Crippen MR) is 108 cm³/mol. The number of hydrogen-bond acceptors (Lipinski definition) is 4. The van der Waals surface area contributed by atoms with Crippen LogP contribution in [0.15, 0.2) is 59.7 Å². The molecule has 1 aliphatic carbocycles. The molecule has 2 atom stereocenters. The number of urea groups is 1. The summed E-state index contributed by atoms with van der Waals surface area (Å²) < 4.78 is 32.1. The van der Waals surface area contributed by atoms with Gasteiger partial charge in [0.05, 0.1) is 12.3 Å². The summed E-state index contributed by atoms with van der Waals surface area (Å²) in [7, 11) is 0. The third kappa shape index (κ3) is 4.89. The molecule has 0 saturated carbocycles. The van der Waals surface area contributed by atoms with E-state index in [9.17, 15) is 18.4 Å². The fourth-order valence-electron chi connectivity index (χ4n) is 3.51.